The maximum atomic E-state index is 12.2. The van der Waals surface area contributed by atoms with E-state index >= 15 is 0 Å². The molecule has 0 spiro atoms. The van der Waals surface area contributed by atoms with E-state index in [1.807, 2.05) is 24.3 Å². The van der Waals surface area contributed by atoms with Crippen molar-refractivity contribution in [1.82, 2.24) is 4.90 Å². The summed E-state index contributed by atoms with van der Waals surface area (Å²) >= 11 is 0. The second-order valence-corrected chi connectivity index (χ2v) is 4.67. The third-order valence-corrected chi connectivity index (χ3v) is 3.65. The first-order chi connectivity index (χ1) is 9.05. The van der Waals surface area contributed by atoms with Gasteiger partial charge in [-0.25, -0.2) is 4.79 Å². The lowest BCUT2D eigenvalue weighted by atomic mass is 9.82. The van der Waals surface area contributed by atoms with Crippen molar-refractivity contribution >= 4 is 11.9 Å². The van der Waals surface area contributed by atoms with Crippen LogP contribution in [0, 0.1) is 0 Å². The highest BCUT2D eigenvalue weighted by atomic mass is 16.5. The number of rotatable bonds is 2. The van der Waals surface area contributed by atoms with Crippen molar-refractivity contribution in [2.24, 2.45) is 0 Å². The lowest BCUT2D eigenvalue weighted by molar-refractivity contribution is -0.159. The Bertz CT molecular complexity index is 538. The molecule has 19 heavy (non-hydrogen) atoms. The molecule has 1 heterocycles. The number of amides is 1. The lowest BCUT2D eigenvalue weighted by Crippen LogP contribution is -2.58. The first kappa shape index (κ1) is 13.3. The summed E-state index contributed by atoms with van der Waals surface area (Å²) in [4.78, 5) is 25.6. The van der Waals surface area contributed by atoms with Crippen molar-refractivity contribution in [2.75, 3.05) is 7.11 Å². The van der Waals surface area contributed by atoms with Gasteiger partial charge in [0.15, 0.2) is 5.54 Å². The standard InChI is InChI=1S/C15H17NO3/c1-4-15(14(18)19-3)9-12-7-5-6-8-13(12)10-16(15)11(2)17/h4-8H,1,9-10H2,2-3H3/t15-/m1/s1. The van der Waals surface area contributed by atoms with Gasteiger partial charge in [0.2, 0.25) is 5.91 Å². The Labute approximate surface area is 112 Å². The summed E-state index contributed by atoms with van der Waals surface area (Å²) in [6, 6.07) is 7.78. The number of fused-ring (bicyclic) bond motifs is 1. The quantitative estimate of drug-likeness (QED) is 0.600. The molecule has 1 aromatic rings. The summed E-state index contributed by atoms with van der Waals surface area (Å²) in [5.74, 6) is -0.619. The lowest BCUT2D eigenvalue weighted by Gasteiger charge is -2.43. The summed E-state index contributed by atoms with van der Waals surface area (Å²) in [5.41, 5.74) is 0.999. The second kappa shape index (κ2) is 4.88. The van der Waals surface area contributed by atoms with E-state index in [4.69, 9.17) is 4.74 Å². The van der Waals surface area contributed by atoms with Crippen LogP contribution < -0.4 is 0 Å². The molecule has 2 rings (SSSR count). The zero-order valence-corrected chi connectivity index (χ0v) is 11.2. The molecule has 1 amide bonds. The highest BCUT2D eigenvalue weighted by Crippen LogP contribution is 2.33. The Balaban J connectivity index is 2.55. The van der Waals surface area contributed by atoms with Gasteiger partial charge in [-0.3, -0.25) is 4.79 Å². The molecule has 1 aliphatic heterocycles. The minimum Gasteiger partial charge on any atom is -0.467 e. The molecule has 1 aromatic carbocycles. The van der Waals surface area contributed by atoms with Gasteiger partial charge in [0.25, 0.3) is 0 Å². The van der Waals surface area contributed by atoms with Gasteiger partial charge in [-0.1, -0.05) is 30.3 Å². The van der Waals surface area contributed by atoms with Crippen molar-refractivity contribution in [3.05, 3.63) is 48.0 Å². The molecule has 0 aliphatic carbocycles. The number of hydrogen-bond acceptors (Lipinski definition) is 3. The van der Waals surface area contributed by atoms with Gasteiger partial charge in [0.05, 0.1) is 7.11 Å². The number of methoxy groups -OCH3 is 1. The zero-order chi connectivity index (χ0) is 14.0. The Morgan fingerprint density at radius 2 is 2.00 bits per heavy atom. The molecule has 0 aromatic heterocycles. The third kappa shape index (κ3) is 2.03. The van der Waals surface area contributed by atoms with Crippen LogP contribution in [0.1, 0.15) is 18.1 Å². The highest BCUT2D eigenvalue weighted by molar-refractivity contribution is 5.90. The van der Waals surface area contributed by atoms with Crippen LogP contribution in [0.3, 0.4) is 0 Å². The zero-order valence-electron chi connectivity index (χ0n) is 11.2. The number of hydrogen-bond donors (Lipinski definition) is 0. The Hall–Kier alpha value is -2.10. The van der Waals surface area contributed by atoms with Crippen LogP contribution in [0.15, 0.2) is 36.9 Å². The van der Waals surface area contributed by atoms with Gasteiger partial charge >= 0.3 is 5.97 Å². The third-order valence-electron chi connectivity index (χ3n) is 3.65. The van der Waals surface area contributed by atoms with Gasteiger partial charge in [-0.2, -0.15) is 0 Å². The van der Waals surface area contributed by atoms with E-state index in [0.29, 0.717) is 13.0 Å². The van der Waals surface area contributed by atoms with E-state index in [1.54, 1.807) is 0 Å². The molecule has 1 atom stereocenters. The number of nitrogens with zero attached hydrogens (tertiary/aromatic N) is 1. The molecule has 0 radical (unpaired) electrons. The van der Waals surface area contributed by atoms with E-state index in [9.17, 15) is 9.59 Å². The molecule has 0 fully saturated rings. The van der Waals surface area contributed by atoms with E-state index in [1.165, 1.54) is 25.0 Å². The van der Waals surface area contributed by atoms with Crippen molar-refractivity contribution < 1.29 is 14.3 Å². The average molecular weight is 259 g/mol. The fraction of sp³-hybridized carbons (Fsp3) is 0.333. The van der Waals surface area contributed by atoms with Gasteiger partial charge in [0.1, 0.15) is 0 Å². The van der Waals surface area contributed by atoms with Gasteiger partial charge < -0.3 is 9.64 Å². The Morgan fingerprint density at radius 3 is 2.53 bits per heavy atom. The minimum absolute atomic E-state index is 0.167. The summed E-state index contributed by atoms with van der Waals surface area (Å²) < 4.78 is 4.88. The summed E-state index contributed by atoms with van der Waals surface area (Å²) in [5, 5.41) is 0. The molecule has 0 saturated heterocycles. The van der Waals surface area contributed by atoms with Crippen molar-refractivity contribution in [3.8, 4) is 0 Å². The monoisotopic (exact) mass is 259 g/mol. The molecule has 0 bridgehead atoms. The maximum Gasteiger partial charge on any atom is 0.336 e. The molecular weight excluding hydrogens is 242 g/mol. The van der Waals surface area contributed by atoms with Crippen LogP contribution in [-0.4, -0.2) is 29.4 Å². The topological polar surface area (TPSA) is 46.6 Å². The molecule has 4 nitrogen and oxygen atoms in total. The number of esters is 1. The summed E-state index contributed by atoms with van der Waals surface area (Å²) in [6.07, 6.45) is 1.91. The van der Waals surface area contributed by atoms with Crippen LogP contribution in [0.25, 0.3) is 0 Å². The highest BCUT2D eigenvalue weighted by Gasteiger charge is 2.47. The SMILES string of the molecule is C=C[C@]1(C(=O)OC)Cc2ccccc2CN1C(C)=O. The summed E-state index contributed by atoms with van der Waals surface area (Å²) in [7, 11) is 1.33. The predicted octanol–water partition coefficient (Wildman–Crippen LogP) is 1.69. The maximum absolute atomic E-state index is 12.2. The predicted molar refractivity (Wildman–Crippen MR) is 71.3 cm³/mol. The van der Waals surface area contributed by atoms with Gasteiger partial charge in [0, 0.05) is 19.9 Å². The van der Waals surface area contributed by atoms with Crippen molar-refractivity contribution in [3.63, 3.8) is 0 Å². The smallest absolute Gasteiger partial charge is 0.336 e. The second-order valence-electron chi connectivity index (χ2n) is 4.67. The first-order valence-electron chi connectivity index (χ1n) is 6.12. The van der Waals surface area contributed by atoms with Crippen LogP contribution in [0.4, 0.5) is 0 Å². The van der Waals surface area contributed by atoms with Gasteiger partial charge in [-0.05, 0) is 11.1 Å². The number of carbonyl (C=O) groups is 2. The van der Waals surface area contributed by atoms with E-state index in [-0.39, 0.29) is 5.91 Å². The first-order valence-corrected chi connectivity index (χ1v) is 6.12. The van der Waals surface area contributed by atoms with E-state index < -0.39 is 11.5 Å². The Morgan fingerprint density at radius 1 is 1.37 bits per heavy atom. The normalized spacial score (nSPS) is 21.5. The van der Waals surface area contributed by atoms with Crippen LogP contribution in [0.5, 0.6) is 0 Å². The Kier molecular flexibility index (Phi) is 3.42. The minimum atomic E-state index is -1.10. The molecule has 4 heteroatoms. The number of benzene rings is 1. The van der Waals surface area contributed by atoms with Crippen LogP contribution in [-0.2, 0) is 27.3 Å². The van der Waals surface area contributed by atoms with Crippen LogP contribution >= 0.6 is 0 Å². The molecule has 0 N–H and O–H groups in total. The molecule has 1 aliphatic rings. The average Bonchev–Trinajstić information content (AvgIpc) is 2.44. The van der Waals surface area contributed by atoms with Crippen molar-refractivity contribution in [2.45, 2.75) is 25.4 Å². The fourth-order valence-corrected chi connectivity index (χ4v) is 2.60. The van der Waals surface area contributed by atoms with Crippen molar-refractivity contribution in [1.29, 1.82) is 0 Å². The molecule has 0 unspecified atom stereocenters. The van der Waals surface area contributed by atoms with Crippen LogP contribution in [0.2, 0.25) is 0 Å². The van der Waals surface area contributed by atoms with Gasteiger partial charge in [-0.15, -0.1) is 6.58 Å². The fourth-order valence-electron chi connectivity index (χ4n) is 2.60. The number of ether oxygens (including phenoxy) is 1. The molecule has 100 valence electrons. The summed E-state index contributed by atoms with van der Waals surface area (Å²) in [6.45, 7) is 5.59. The number of carbonyl (C=O) groups excluding carboxylic acids is 2. The van der Waals surface area contributed by atoms with E-state index in [0.717, 1.165) is 11.1 Å². The van der Waals surface area contributed by atoms with E-state index in [2.05, 4.69) is 6.58 Å². The molecular formula is C15H17NO3. The molecule has 0 saturated carbocycles. The largest absolute Gasteiger partial charge is 0.467 e.